The van der Waals surface area contributed by atoms with Crippen LogP contribution in [0, 0.1) is 4.77 Å². The average Bonchev–Trinajstić information content (AvgIpc) is 3.15. The van der Waals surface area contributed by atoms with Crippen molar-refractivity contribution in [1.29, 1.82) is 0 Å². The van der Waals surface area contributed by atoms with Gasteiger partial charge in [0.25, 0.3) is 11.5 Å². The number of carbonyl (C=O) groups excluding carboxylic acids is 1. The molecular weight excluding hydrogens is 336 g/mol. The Morgan fingerprint density at radius 1 is 1.20 bits per heavy atom. The number of piperazine rings is 1. The molecule has 0 bridgehead atoms. The molecular formula is C18H23N4O2S+. The van der Waals surface area contributed by atoms with Crippen molar-refractivity contribution in [1.82, 2.24) is 14.5 Å². The molecule has 2 aliphatic rings. The summed E-state index contributed by atoms with van der Waals surface area (Å²) in [5, 5.41) is 2.82. The highest BCUT2D eigenvalue weighted by atomic mass is 32.1. The lowest BCUT2D eigenvalue weighted by Gasteiger charge is -2.25. The Morgan fingerprint density at radius 2 is 1.92 bits per heavy atom. The lowest BCUT2D eigenvalue weighted by Crippen LogP contribution is -2.89. The predicted octanol–water partition coefficient (Wildman–Crippen LogP) is 1.19. The van der Waals surface area contributed by atoms with Gasteiger partial charge in [0.2, 0.25) is 0 Å². The Labute approximate surface area is 150 Å². The topological polar surface area (TPSA) is 74.7 Å². The lowest BCUT2D eigenvalue weighted by atomic mass is 10.1. The fraction of sp³-hybridized carbons (Fsp3) is 0.500. The van der Waals surface area contributed by atoms with Crippen molar-refractivity contribution in [3.63, 3.8) is 0 Å². The van der Waals surface area contributed by atoms with Gasteiger partial charge in [-0.05, 0) is 43.3 Å². The van der Waals surface area contributed by atoms with Gasteiger partial charge in [-0.2, -0.15) is 0 Å². The molecule has 2 heterocycles. The van der Waals surface area contributed by atoms with E-state index in [4.69, 9.17) is 12.2 Å². The third kappa shape index (κ3) is 3.02. The van der Waals surface area contributed by atoms with Gasteiger partial charge in [0, 0.05) is 11.6 Å². The SMILES string of the molecule is O=C(c1ccc2c(=O)n(C3CCCC3)c(=S)[nH]c2c1)N1CC[NH2+]CC1. The molecule has 1 saturated heterocycles. The van der Waals surface area contributed by atoms with Crippen LogP contribution in [0.25, 0.3) is 10.9 Å². The molecule has 2 aromatic rings. The Kier molecular flexibility index (Phi) is 4.43. The van der Waals surface area contributed by atoms with Crippen LogP contribution >= 0.6 is 12.2 Å². The van der Waals surface area contributed by atoms with E-state index in [0.717, 1.165) is 51.9 Å². The maximum Gasteiger partial charge on any atom is 0.262 e. The first-order chi connectivity index (χ1) is 12.1. The second-order valence-corrected chi connectivity index (χ2v) is 7.35. The van der Waals surface area contributed by atoms with E-state index in [0.29, 0.717) is 21.2 Å². The van der Waals surface area contributed by atoms with Crippen LogP contribution in [0.2, 0.25) is 0 Å². The van der Waals surface area contributed by atoms with Crippen LogP contribution in [0.1, 0.15) is 42.1 Å². The maximum absolute atomic E-state index is 12.9. The summed E-state index contributed by atoms with van der Waals surface area (Å²) in [5.41, 5.74) is 1.22. The number of quaternary nitrogens is 1. The molecule has 132 valence electrons. The average molecular weight is 359 g/mol. The first-order valence-corrected chi connectivity index (χ1v) is 9.45. The highest BCUT2D eigenvalue weighted by Gasteiger charge is 2.22. The van der Waals surface area contributed by atoms with E-state index in [1.165, 1.54) is 0 Å². The highest BCUT2D eigenvalue weighted by molar-refractivity contribution is 7.71. The third-order valence-electron chi connectivity index (χ3n) is 5.36. The molecule has 1 aliphatic carbocycles. The fourth-order valence-corrected chi connectivity index (χ4v) is 4.34. The maximum atomic E-state index is 12.9. The molecule has 1 aromatic heterocycles. The Hall–Kier alpha value is -1.99. The molecule has 3 N–H and O–H groups in total. The number of nitrogens with zero attached hydrogens (tertiary/aromatic N) is 2. The molecule has 0 atom stereocenters. The zero-order valence-corrected chi connectivity index (χ0v) is 15.0. The molecule has 1 aliphatic heterocycles. The van der Waals surface area contributed by atoms with Crippen molar-refractivity contribution < 1.29 is 10.1 Å². The number of carbonyl (C=O) groups is 1. The molecule has 0 spiro atoms. The number of rotatable bonds is 2. The van der Waals surface area contributed by atoms with Gasteiger partial charge in [-0.15, -0.1) is 0 Å². The number of benzene rings is 1. The molecule has 1 amide bonds. The van der Waals surface area contributed by atoms with Crippen molar-refractivity contribution in [2.24, 2.45) is 0 Å². The Morgan fingerprint density at radius 3 is 2.64 bits per heavy atom. The molecule has 6 nitrogen and oxygen atoms in total. The molecule has 4 rings (SSSR count). The van der Waals surface area contributed by atoms with Gasteiger partial charge in [-0.1, -0.05) is 12.8 Å². The number of hydrogen-bond donors (Lipinski definition) is 2. The van der Waals surface area contributed by atoms with E-state index in [9.17, 15) is 9.59 Å². The molecule has 1 saturated carbocycles. The van der Waals surface area contributed by atoms with Crippen LogP contribution in [0.15, 0.2) is 23.0 Å². The van der Waals surface area contributed by atoms with Crippen molar-refractivity contribution in [3.05, 3.63) is 38.9 Å². The fourth-order valence-electron chi connectivity index (χ4n) is 3.99. The summed E-state index contributed by atoms with van der Waals surface area (Å²) in [4.78, 5) is 30.6. The van der Waals surface area contributed by atoms with Crippen LogP contribution in [0.5, 0.6) is 0 Å². The van der Waals surface area contributed by atoms with Gasteiger partial charge in [0.05, 0.1) is 37.1 Å². The summed E-state index contributed by atoms with van der Waals surface area (Å²) in [6.45, 7) is 3.40. The van der Waals surface area contributed by atoms with Crippen LogP contribution in [-0.4, -0.2) is 46.5 Å². The molecule has 7 heteroatoms. The van der Waals surface area contributed by atoms with E-state index < -0.39 is 0 Å². The molecule has 25 heavy (non-hydrogen) atoms. The summed E-state index contributed by atoms with van der Waals surface area (Å²) in [6.07, 6.45) is 4.30. The summed E-state index contributed by atoms with van der Waals surface area (Å²) in [5.74, 6) is 0.0225. The number of nitrogens with one attached hydrogen (secondary N) is 1. The first kappa shape index (κ1) is 16.5. The lowest BCUT2D eigenvalue weighted by molar-refractivity contribution is -0.661. The normalized spacial score (nSPS) is 18.8. The van der Waals surface area contributed by atoms with Gasteiger partial charge in [0.1, 0.15) is 0 Å². The van der Waals surface area contributed by atoms with Gasteiger partial charge >= 0.3 is 0 Å². The van der Waals surface area contributed by atoms with Crippen LogP contribution in [0.4, 0.5) is 0 Å². The van der Waals surface area contributed by atoms with E-state index in [2.05, 4.69) is 10.3 Å². The quantitative estimate of drug-likeness (QED) is 0.791. The molecule has 0 unspecified atom stereocenters. The van der Waals surface area contributed by atoms with Crippen molar-refractivity contribution in [2.75, 3.05) is 26.2 Å². The van der Waals surface area contributed by atoms with Crippen molar-refractivity contribution >= 4 is 29.0 Å². The number of H-pyrrole nitrogens is 1. The van der Waals surface area contributed by atoms with Crippen LogP contribution in [0.3, 0.4) is 0 Å². The minimum Gasteiger partial charge on any atom is -0.343 e. The van der Waals surface area contributed by atoms with Crippen LogP contribution in [-0.2, 0) is 0 Å². The van der Waals surface area contributed by atoms with Crippen molar-refractivity contribution in [3.8, 4) is 0 Å². The van der Waals surface area contributed by atoms with E-state index in [-0.39, 0.29) is 17.5 Å². The predicted molar refractivity (Wildman–Crippen MR) is 98.5 cm³/mol. The van der Waals surface area contributed by atoms with E-state index in [1.54, 1.807) is 22.8 Å². The first-order valence-electron chi connectivity index (χ1n) is 9.04. The van der Waals surface area contributed by atoms with Gasteiger partial charge in [-0.25, -0.2) is 0 Å². The molecule has 1 aromatic carbocycles. The summed E-state index contributed by atoms with van der Waals surface area (Å²) in [7, 11) is 0. The zero-order valence-electron chi connectivity index (χ0n) is 14.2. The number of amides is 1. The summed E-state index contributed by atoms with van der Waals surface area (Å²) >= 11 is 5.45. The standard InChI is InChI=1S/C18H22N4O2S/c23-16(21-9-7-19-8-10-21)12-5-6-14-15(11-12)20-18(25)22(17(14)24)13-3-1-2-4-13/h5-6,11,13,19H,1-4,7-10H2,(H,20,25)/p+1. The highest BCUT2D eigenvalue weighted by Crippen LogP contribution is 2.28. The number of aromatic nitrogens is 2. The minimum absolute atomic E-state index is 0.0225. The minimum atomic E-state index is -0.0442. The monoisotopic (exact) mass is 359 g/mol. The van der Waals surface area contributed by atoms with E-state index >= 15 is 0 Å². The van der Waals surface area contributed by atoms with Gasteiger partial charge in [0.15, 0.2) is 4.77 Å². The number of hydrogen-bond acceptors (Lipinski definition) is 3. The van der Waals surface area contributed by atoms with Crippen LogP contribution < -0.4 is 10.9 Å². The largest absolute Gasteiger partial charge is 0.343 e. The van der Waals surface area contributed by atoms with Gasteiger partial charge < -0.3 is 15.2 Å². The summed E-state index contributed by atoms with van der Waals surface area (Å²) < 4.78 is 2.19. The second-order valence-electron chi connectivity index (χ2n) is 6.96. The number of fused-ring (bicyclic) bond motifs is 1. The number of aromatic amines is 1. The number of nitrogens with two attached hydrogens (primary N) is 1. The smallest absolute Gasteiger partial charge is 0.262 e. The Bertz CT molecular complexity index is 921. The molecule has 2 fully saturated rings. The van der Waals surface area contributed by atoms with Gasteiger partial charge in [-0.3, -0.25) is 14.2 Å². The third-order valence-corrected chi connectivity index (χ3v) is 5.66. The Balaban J connectivity index is 1.74. The summed E-state index contributed by atoms with van der Waals surface area (Å²) in [6, 6.07) is 5.50. The molecule has 0 radical (unpaired) electrons. The van der Waals surface area contributed by atoms with Crippen molar-refractivity contribution in [2.45, 2.75) is 31.7 Å². The van der Waals surface area contributed by atoms with E-state index in [1.807, 2.05) is 4.90 Å². The zero-order chi connectivity index (χ0) is 17.4. The second kappa shape index (κ2) is 6.72.